The van der Waals surface area contributed by atoms with E-state index in [1.54, 1.807) is 16.7 Å². The Kier molecular flexibility index (Phi) is 7.21. The van der Waals surface area contributed by atoms with Crippen LogP contribution in [0.3, 0.4) is 0 Å². The third-order valence-electron chi connectivity index (χ3n) is 7.21. The van der Waals surface area contributed by atoms with E-state index in [0.717, 1.165) is 46.2 Å². The van der Waals surface area contributed by atoms with Crippen molar-refractivity contribution in [3.05, 3.63) is 88.3 Å². The van der Waals surface area contributed by atoms with Crippen LogP contribution in [-0.4, -0.2) is 57.0 Å². The molecule has 4 aromatic rings. The molecule has 0 unspecified atom stereocenters. The average Bonchev–Trinajstić information content (AvgIpc) is 3.73. The second-order valence-corrected chi connectivity index (χ2v) is 10.6. The van der Waals surface area contributed by atoms with Gasteiger partial charge in [0.15, 0.2) is 5.16 Å². The Morgan fingerprint density at radius 3 is 2.72 bits per heavy atom. The number of amides is 1. The van der Waals surface area contributed by atoms with Crippen molar-refractivity contribution in [2.45, 2.75) is 43.1 Å². The number of carbonyl (C=O) groups excluding carboxylic acids is 1. The largest absolute Gasteiger partial charge is 0.497 e. The summed E-state index contributed by atoms with van der Waals surface area (Å²) in [4.78, 5) is 26.0. The Hall–Kier alpha value is -3.89. The highest BCUT2D eigenvalue weighted by molar-refractivity contribution is 7.99. The lowest BCUT2D eigenvalue weighted by atomic mass is 9.97. The minimum absolute atomic E-state index is 0.0116. The number of nitrogens with one attached hydrogen (secondary N) is 1. The van der Waals surface area contributed by atoms with E-state index in [4.69, 9.17) is 14.6 Å². The quantitative estimate of drug-likeness (QED) is 0.331. The van der Waals surface area contributed by atoms with Gasteiger partial charge in [0.2, 0.25) is 0 Å². The number of thioether (sulfide) groups is 1. The van der Waals surface area contributed by atoms with Gasteiger partial charge in [0, 0.05) is 13.0 Å². The molecular formula is C29H29N5O4S. The standard InChI is InChI=1S/C29H29N5O4S/c1-37-23-12-10-20(11-13-23)26-16-25(22-9-8-19-5-2-3-6-21(19)15-22)32-34(26)27(35)18-39-29-31-30-28(36)33(29)17-24-7-4-14-38-24/h2-3,5-6,8-13,15,24,26H,4,7,14,16-18H2,1H3,(H,30,36)/t24-,26-/m0/s1. The molecule has 2 aliphatic rings. The maximum atomic E-state index is 13.6. The normalized spacial score (nSPS) is 19.0. The Labute approximate surface area is 229 Å². The predicted octanol–water partition coefficient (Wildman–Crippen LogP) is 4.38. The van der Waals surface area contributed by atoms with E-state index in [1.807, 2.05) is 36.4 Å². The fourth-order valence-corrected chi connectivity index (χ4v) is 5.94. The van der Waals surface area contributed by atoms with Crippen molar-refractivity contribution in [1.82, 2.24) is 19.8 Å². The van der Waals surface area contributed by atoms with E-state index in [9.17, 15) is 9.59 Å². The van der Waals surface area contributed by atoms with Gasteiger partial charge < -0.3 is 9.47 Å². The molecule has 39 heavy (non-hydrogen) atoms. The van der Waals surface area contributed by atoms with Crippen LogP contribution in [0.2, 0.25) is 0 Å². The lowest BCUT2D eigenvalue weighted by molar-refractivity contribution is -0.130. The molecule has 2 atom stereocenters. The monoisotopic (exact) mass is 543 g/mol. The SMILES string of the molecule is COc1ccc([C@@H]2CC(c3ccc4ccccc4c3)=NN2C(=O)CSc2n[nH]c(=O)n2C[C@@H]2CCCO2)cc1. The van der Waals surface area contributed by atoms with Gasteiger partial charge in [-0.05, 0) is 52.9 Å². The Bertz CT molecular complexity index is 1570. The van der Waals surface area contributed by atoms with Gasteiger partial charge in [0.05, 0.1) is 37.3 Å². The number of aromatic amines is 1. The first-order chi connectivity index (χ1) is 19.1. The Morgan fingerprint density at radius 1 is 1.13 bits per heavy atom. The molecule has 3 aromatic carbocycles. The molecule has 1 fully saturated rings. The predicted molar refractivity (Wildman–Crippen MR) is 150 cm³/mol. The van der Waals surface area contributed by atoms with Crippen LogP contribution < -0.4 is 10.4 Å². The van der Waals surface area contributed by atoms with Crippen molar-refractivity contribution < 1.29 is 14.3 Å². The minimum Gasteiger partial charge on any atom is -0.497 e. The van der Waals surface area contributed by atoms with E-state index in [2.05, 4.69) is 40.5 Å². The van der Waals surface area contributed by atoms with Gasteiger partial charge in [-0.15, -0.1) is 5.10 Å². The minimum atomic E-state index is -0.297. The second-order valence-electron chi connectivity index (χ2n) is 9.69. The smallest absolute Gasteiger partial charge is 0.344 e. The summed E-state index contributed by atoms with van der Waals surface area (Å²) in [6.45, 7) is 1.13. The van der Waals surface area contributed by atoms with Crippen LogP contribution >= 0.6 is 11.8 Å². The number of rotatable bonds is 8. The average molecular weight is 544 g/mol. The van der Waals surface area contributed by atoms with Crippen LogP contribution in [0.1, 0.15) is 36.4 Å². The molecule has 1 N–H and O–H groups in total. The van der Waals surface area contributed by atoms with E-state index in [-0.39, 0.29) is 29.5 Å². The first-order valence-electron chi connectivity index (χ1n) is 13.0. The number of hydrazone groups is 1. The third-order valence-corrected chi connectivity index (χ3v) is 8.17. The van der Waals surface area contributed by atoms with Crippen molar-refractivity contribution in [3.8, 4) is 5.75 Å². The van der Waals surface area contributed by atoms with Crippen LogP contribution in [0.4, 0.5) is 0 Å². The number of ether oxygens (including phenoxy) is 2. The maximum absolute atomic E-state index is 13.6. The van der Waals surface area contributed by atoms with Crippen LogP contribution in [0.15, 0.2) is 81.8 Å². The Balaban J connectivity index is 1.25. The summed E-state index contributed by atoms with van der Waals surface area (Å²) in [6.07, 6.45) is 2.47. The van der Waals surface area contributed by atoms with E-state index < -0.39 is 0 Å². The van der Waals surface area contributed by atoms with Crippen molar-refractivity contribution in [2.75, 3.05) is 19.5 Å². The third kappa shape index (κ3) is 5.35. The lowest BCUT2D eigenvalue weighted by Gasteiger charge is -2.22. The molecule has 0 spiro atoms. The fourth-order valence-electron chi connectivity index (χ4n) is 5.13. The number of nitrogens with zero attached hydrogens (tertiary/aromatic N) is 4. The summed E-state index contributed by atoms with van der Waals surface area (Å²) >= 11 is 1.23. The van der Waals surface area contributed by atoms with Crippen LogP contribution in [0, 0.1) is 0 Å². The molecule has 0 aliphatic carbocycles. The first kappa shape index (κ1) is 25.4. The lowest BCUT2D eigenvalue weighted by Crippen LogP contribution is -2.29. The van der Waals surface area contributed by atoms with Crippen molar-refractivity contribution in [3.63, 3.8) is 0 Å². The van der Waals surface area contributed by atoms with E-state index >= 15 is 0 Å². The molecule has 200 valence electrons. The molecule has 6 rings (SSSR count). The number of aromatic nitrogens is 3. The van der Waals surface area contributed by atoms with Crippen LogP contribution in [0.25, 0.3) is 10.8 Å². The molecule has 9 nitrogen and oxygen atoms in total. The summed E-state index contributed by atoms with van der Waals surface area (Å²) in [5, 5.41) is 15.8. The first-order valence-corrected chi connectivity index (χ1v) is 14.0. The van der Waals surface area contributed by atoms with Crippen molar-refractivity contribution in [1.29, 1.82) is 0 Å². The highest BCUT2D eigenvalue weighted by atomic mass is 32.2. The number of H-pyrrole nitrogens is 1. The number of benzene rings is 3. The fraction of sp³-hybridized carbons (Fsp3) is 0.310. The zero-order valence-electron chi connectivity index (χ0n) is 21.6. The summed E-state index contributed by atoms with van der Waals surface area (Å²) in [7, 11) is 1.63. The van der Waals surface area contributed by atoms with Gasteiger partial charge >= 0.3 is 5.69 Å². The highest BCUT2D eigenvalue weighted by Gasteiger charge is 2.33. The van der Waals surface area contributed by atoms with Crippen LogP contribution in [0.5, 0.6) is 5.75 Å². The molecule has 1 saturated heterocycles. The number of hydrogen-bond donors (Lipinski definition) is 1. The number of fused-ring (bicyclic) bond motifs is 1. The molecule has 2 aliphatic heterocycles. The molecule has 1 amide bonds. The Morgan fingerprint density at radius 2 is 1.95 bits per heavy atom. The topological polar surface area (TPSA) is 102 Å². The van der Waals surface area contributed by atoms with Crippen molar-refractivity contribution >= 4 is 34.2 Å². The number of methoxy groups -OCH3 is 1. The summed E-state index contributed by atoms with van der Waals surface area (Å²) in [5.74, 6) is 0.691. The van der Waals surface area contributed by atoms with Crippen LogP contribution in [-0.2, 0) is 16.1 Å². The summed E-state index contributed by atoms with van der Waals surface area (Å²) in [6, 6.07) is 22.0. The highest BCUT2D eigenvalue weighted by Crippen LogP contribution is 2.35. The molecule has 10 heteroatoms. The molecule has 0 bridgehead atoms. The molecule has 3 heterocycles. The van der Waals surface area contributed by atoms with Gasteiger partial charge in [0.1, 0.15) is 5.75 Å². The summed E-state index contributed by atoms with van der Waals surface area (Å²) in [5.41, 5.74) is 2.53. The number of hydrogen-bond acceptors (Lipinski definition) is 7. The van der Waals surface area contributed by atoms with E-state index in [1.165, 1.54) is 11.8 Å². The van der Waals surface area contributed by atoms with Crippen molar-refractivity contribution in [2.24, 2.45) is 5.10 Å². The second kappa shape index (κ2) is 11.1. The zero-order chi connectivity index (χ0) is 26.8. The van der Waals surface area contributed by atoms with Gasteiger partial charge in [0.25, 0.3) is 5.91 Å². The van der Waals surface area contributed by atoms with E-state index in [0.29, 0.717) is 24.7 Å². The van der Waals surface area contributed by atoms with Gasteiger partial charge in [-0.1, -0.05) is 60.3 Å². The van der Waals surface area contributed by atoms with Gasteiger partial charge in [-0.3, -0.25) is 9.36 Å². The molecule has 0 radical (unpaired) electrons. The molecular weight excluding hydrogens is 514 g/mol. The van der Waals surface area contributed by atoms with Gasteiger partial charge in [-0.25, -0.2) is 14.9 Å². The maximum Gasteiger partial charge on any atom is 0.344 e. The van der Waals surface area contributed by atoms with Gasteiger partial charge in [-0.2, -0.15) is 5.10 Å². The number of carbonyl (C=O) groups is 1. The summed E-state index contributed by atoms with van der Waals surface area (Å²) < 4.78 is 12.6. The molecule has 1 aromatic heterocycles. The zero-order valence-corrected chi connectivity index (χ0v) is 22.4. The molecule has 0 saturated carbocycles.